The van der Waals surface area contributed by atoms with Crippen LogP contribution in [0.15, 0.2) is 24.3 Å². The lowest BCUT2D eigenvalue weighted by molar-refractivity contribution is 0.241. The summed E-state index contributed by atoms with van der Waals surface area (Å²) < 4.78 is 24.2. The van der Waals surface area contributed by atoms with Crippen LogP contribution in [0, 0.1) is 5.82 Å². The fraction of sp³-hybridized carbons (Fsp3) is 0.600. The van der Waals surface area contributed by atoms with E-state index in [9.17, 15) is 4.39 Å². The van der Waals surface area contributed by atoms with Crippen molar-refractivity contribution in [2.24, 2.45) is 0 Å². The van der Waals surface area contributed by atoms with E-state index in [-0.39, 0.29) is 5.82 Å². The molecule has 0 N–H and O–H groups in total. The first-order valence-corrected chi connectivity index (χ1v) is 9.23. The Bertz CT molecular complexity index is 359. The number of halogens is 1. The highest BCUT2D eigenvalue weighted by atomic mass is 28.4. The van der Waals surface area contributed by atoms with Crippen molar-refractivity contribution in [3.63, 3.8) is 0 Å². The van der Waals surface area contributed by atoms with Gasteiger partial charge in [-0.25, -0.2) is 4.39 Å². The summed E-state index contributed by atoms with van der Waals surface area (Å²) in [4.78, 5) is 0. The van der Waals surface area contributed by atoms with Crippen molar-refractivity contribution in [3.05, 3.63) is 35.6 Å². The van der Waals surface area contributed by atoms with Gasteiger partial charge in [0.15, 0.2) is 0 Å². The van der Waals surface area contributed by atoms with Gasteiger partial charge in [0.25, 0.3) is 0 Å². The van der Waals surface area contributed by atoms with Gasteiger partial charge in [-0.2, -0.15) is 0 Å². The minimum atomic E-state index is -1.92. The summed E-state index contributed by atoms with van der Waals surface area (Å²) in [6.07, 6.45) is 4.29. The van der Waals surface area contributed by atoms with Gasteiger partial charge in [0.2, 0.25) is 0 Å². The Balaban J connectivity index is 2.24. The van der Waals surface area contributed by atoms with Gasteiger partial charge in [-0.05, 0) is 42.6 Å². The zero-order valence-electron chi connectivity index (χ0n) is 12.2. The normalized spacial score (nSPS) is 11.8. The number of hydrogen-bond donors (Lipinski definition) is 0. The maximum absolute atomic E-state index is 13.0. The summed E-state index contributed by atoms with van der Waals surface area (Å²) in [7, 11) is 1.60. The predicted molar refractivity (Wildman–Crippen MR) is 79.0 cm³/mol. The van der Waals surface area contributed by atoms with E-state index in [1.54, 1.807) is 26.4 Å². The molecule has 0 aliphatic heterocycles. The molecule has 1 aromatic rings. The van der Waals surface area contributed by atoms with E-state index in [0.29, 0.717) is 0 Å². The van der Waals surface area contributed by atoms with Crippen molar-refractivity contribution in [2.75, 3.05) is 14.2 Å². The lowest BCUT2D eigenvalue weighted by Gasteiger charge is -2.25. The van der Waals surface area contributed by atoms with Crippen molar-refractivity contribution >= 4 is 8.56 Å². The van der Waals surface area contributed by atoms with Crippen LogP contribution in [0.2, 0.25) is 12.1 Å². The van der Waals surface area contributed by atoms with Crippen LogP contribution in [0.4, 0.5) is 4.39 Å². The summed E-state index contributed by atoms with van der Waals surface area (Å²) in [5, 5.41) is 0. The first-order valence-electron chi connectivity index (χ1n) is 7.00. The predicted octanol–water partition coefficient (Wildman–Crippen LogP) is 4.29. The highest BCUT2D eigenvalue weighted by Crippen LogP contribution is 2.21. The third kappa shape index (κ3) is 5.43. The van der Waals surface area contributed by atoms with Gasteiger partial charge in [0, 0.05) is 14.2 Å². The van der Waals surface area contributed by atoms with Crippen LogP contribution < -0.4 is 0 Å². The molecular weight excluding hydrogens is 259 g/mol. The third-order valence-corrected chi connectivity index (χ3v) is 7.38. The van der Waals surface area contributed by atoms with Crippen molar-refractivity contribution in [1.29, 1.82) is 0 Å². The molecule has 19 heavy (non-hydrogen) atoms. The van der Waals surface area contributed by atoms with Gasteiger partial charge in [0.1, 0.15) is 5.82 Å². The Labute approximate surface area is 117 Å². The van der Waals surface area contributed by atoms with E-state index in [4.69, 9.17) is 8.85 Å². The number of unbranched alkanes of at least 4 members (excludes halogenated alkanes) is 2. The molecule has 0 radical (unpaired) electrons. The first-order chi connectivity index (χ1) is 9.15. The first kappa shape index (κ1) is 16.3. The SMILES string of the molecule is CC[Si](CCCCCc1cccc(F)c1)(OC)OC. The molecule has 1 aromatic carbocycles. The molecule has 0 saturated heterocycles. The van der Waals surface area contributed by atoms with Crippen molar-refractivity contribution < 1.29 is 13.2 Å². The van der Waals surface area contributed by atoms with Crippen LogP contribution in [0.5, 0.6) is 0 Å². The second-order valence-electron chi connectivity index (χ2n) is 4.86. The standard InChI is InChI=1S/C15H25FO2Si/c1-4-19(17-2,18-3)12-7-5-6-9-14-10-8-11-15(16)13-14/h8,10-11,13H,4-7,9,12H2,1-3H3. The van der Waals surface area contributed by atoms with E-state index in [0.717, 1.165) is 43.3 Å². The maximum atomic E-state index is 13.0. The lowest BCUT2D eigenvalue weighted by Crippen LogP contribution is -2.38. The number of rotatable bonds is 9. The molecule has 0 unspecified atom stereocenters. The van der Waals surface area contributed by atoms with Gasteiger partial charge < -0.3 is 8.85 Å². The number of aryl methyl sites for hydroxylation is 1. The molecule has 0 aliphatic rings. The maximum Gasteiger partial charge on any atom is 0.337 e. The molecule has 108 valence electrons. The van der Waals surface area contributed by atoms with E-state index in [1.165, 1.54) is 6.07 Å². The molecule has 1 rings (SSSR count). The molecule has 4 heteroatoms. The summed E-state index contributed by atoms with van der Waals surface area (Å²) in [5.74, 6) is -0.145. The highest BCUT2D eigenvalue weighted by molar-refractivity contribution is 6.67. The Kier molecular flexibility index (Phi) is 7.27. The van der Waals surface area contributed by atoms with E-state index in [2.05, 4.69) is 6.92 Å². The van der Waals surface area contributed by atoms with Gasteiger partial charge in [0.05, 0.1) is 0 Å². The molecule has 0 fully saturated rings. The monoisotopic (exact) mass is 284 g/mol. The van der Waals surface area contributed by atoms with Crippen molar-refractivity contribution in [3.8, 4) is 0 Å². The molecule has 0 aliphatic carbocycles. The Hall–Kier alpha value is -0.713. The summed E-state index contributed by atoms with van der Waals surface area (Å²) >= 11 is 0. The summed E-state index contributed by atoms with van der Waals surface area (Å²) in [5.41, 5.74) is 1.08. The molecule has 0 atom stereocenters. The van der Waals surface area contributed by atoms with Crippen LogP contribution in [0.3, 0.4) is 0 Å². The average Bonchev–Trinajstić information content (AvgIpc) is 2.44. The molecule has 0 amide bonds. The Morgan fingerprint density at radius 2 is 1.84 bits per heavy atom. The average molecular weight is 284 g/mol. The lowest BCUT2D eigenvalue weighted by atomic mass is 10.1. The van der Waals surface area contributed by atoms with Gasteiger partial charge in [-0.1, -0.05) is 31.9 Å². The zero-order valence-corrected chi connectivity index (χ0v) is 13.2. The summed E-state index contributed by atoms with van der Waals surface area (Å²) in [6, 6.07) is 8.90. The second kappa shape index (κ2) is 8.46. The fourth-order valence-corrected chi connectivity index (χ4v) is 4.64. The highest BCUT2D eigenvalue weighted by Gasteiger charge is 2.32. The quantitative estimate of drug-likeness (QED) is 0.497. The summed E-state index contributed by atoms with van der Waals surface area (Å²) in [6.45, 7) is 2.13. The molecule has 2 nitrogen and oxygen atoms in total. The van der Waals surface area contributed by atoms with Gasteiger partial charge in [-0.3, -0.25) is 0 Å². The fourth-order valence-electron chi connectivity index (χ4n) is 2.35. The van der Waals surface area contributed by atoms with Crippen molar-refractivity contribution in [2.45, 2.75) is 44.7 Å². The molecular formula is C15H25FO2Si. The topological polar surface area (TPSA) is 18.5 Å². The minimum absolute atomic E-state index is 0.145. The molecule has 0 aromatic heterocycles. The van der Waals surface area contributed by atoms with Crippen molar-refractivity contribution in [1.82, 2.24) is 0 Å². The zero-order chi connectivity index (χ0) is 14.1. The van der Waals surface area contributed by atoms with Gasteiger partial charge >= 0.3 is 8.56 Å². The Morgan fingerprint density at radius 3 is 2.42 bits per heavy atom. The Morgan fingerprint density at radius 1 is 1.11 bits per heavy atom. The van der Waals surface area contributed by atoms with Crippen LogP contribution >= 0.6 is 0 Å². The molecule has 0 bridgehead atoms. The van der Waals surface area contributed by atoms with Crippen LogP contribution in [-0.4, -0.2) is 22.8 Å². The number of benzene rings is 1. The smallest absolute Gasteiger partial charge is 0.337 e. The second-order valence-corrected chi connectivity index (χ2v) is 8.71. The molecule has 0 saturated carbocycles. The van der Waals surface area contributed by atoms with E-state index < -0.39 is 8.56 Å². The number of hydrogen-bond acceptors (Lipinski definition) is 2. The van der Waals surface area contributed by atoms with E-state index in [1.807, 2.05) is 6.07 Å². The third-order valence-electron chi connectivity index (χ3n) is 3.69. The van der Waals surface area contributed by atoms with Crippen LogP contribution in [0.25, 0.3) is 0 Å². The molecule has 0 spiro atoms. The van der Waals surface area contributed by atoms with Gasteiger partial charge in [-0.15, -0.1) is 0 Å². The van der Waals surface area contributed by atoms with E-state index >= 15 is 0 Å². The molecule has 0 heterocycles. The van der Waals surface area contributed by atoms with Crippen LogP contribution in [-0.2, 0) is 15.3 Å². The minimum Gasteiger partial charge on any atom is -0.398 e. The van der Waals surface area contributed by atoms with Crippen LogP contribution in [0.1, 0.15) is 31.7 Å². The largest absolute Gasteiger partial charge is 0.398 e.